The summed E-state index contributed by atoms with van der Waals surface area (Å²) in [5.41, 5.74) is 3.44. The van der Waals surface area contributed by atoms with E-state index in [9.17, 15) is 14.4 Å². The fraction of sp³-hybridized carbons (Fsp3) is 0.200. The zero-order chi connectivity index (χ0) is 25.2. The zero-order valence-corrected chi connectivity index (χ0v) is 19.9. The van der Waals surface area contributed by atoms with Crippen molar-refractivity contribution in [1.29, 1.82) is 0 Å². The van der Waals surface area contributed by atoms with Gasteiger partial charge in [0, 0.05) is 5.56 Å². The van der Waals surface area contributed by atoms with Crippen molar-refractivity contribution in [2.24, 2.45) is 5.10 Å². The minimum atomic E-state index is -0.854. The van der Waals surface area contributed by atoms with E-state index in [-0.39, 0.29) is 13.2 Å². The monoisotopic (exact) mass is 497 g/mol. The van der Waals surface area contributed by atoms with Gasteiger partial charge in [0.1, 0.15) is 23.3 Å². The number of hydrogen-bond donors (Lipinski definition) is 2. The van der Waals surface area contributed by atoms with Crippen LogP contribution in [0.25, 0.3) is 11.3 Å². The topological polar surface area (TPSA) is 119 Å². The molecule has 0 saturated carbocycles. The molecule has 0 spiro atoms. The number of carbonyl (C=O) groups excluding carboxylic acids is 3. The van der Waals surface area contributed by atoms with Crippen LogP contribution in [0, 0.1) is 0 Å². The van der Waals surface area contributed by atoms with Gasteiger partial charge in [0.05, 0.1) is 23.4 Å². The fourth-order valence-corrected chi connectivity index (χ4v) is 3.09. The first kappa shape index (κ1) is 25.5. The molecule has 0 saturated heterocycles. The van der Waals surface area contributed by atoms with Gasteiger partial charge in [-0.05, 0) is 50.2 Å². The predicted molar refractivity (Wildman–Crippen MR) is 130 cm³/mol. The number of esters is 1. The number of nitrogens with zero attached hydrogens (tertiary/aromatic N) is 1. The predicted octanol–water partition coefficient (Wildman–Crippen LogP) is 3.81. The lowest BCUT2D eigenvalue weighted by atomic mass is 10.1. The van der Waals surface area contributed by atoms with Gasteiger partial charge in [-0.2, -0.15) is 5.10 Å². The average molecular weight is 498 g/mol. The van der Waals surface area contributed by atoms with Crippen LogP contribution in [-0.4, -0.2) is 43.3 Å². The van der Waals surface area contributed by atoms with Crippen LogP contribution in [0.3, 0.4) is 0 Å². The van der Waals surface area contributed by atoms with Crippen molar-refractivity contribution in [1.82, 2.24) is 10.7 Å². The minimum absolute atomic E-state index is 0.286. The van der Waals surface area contributed by atoms with Gasteiger partial charge in [0.2, 0.25) is 0 Å². The smallest absolute Gasteiger partial charge is 0.338 e. The summed E-state index contributed by atoms with van der Waals surface area (Å²) >= 11 is 5.98. The van der Waals surface area contributed by atoms with Crippen LogP contribution in [0.2, 0.25) is 5.02 Å². The maximum Gasteiger partial charge on any atom is 0.338 e. The van der Waals surface area contributed by atoms with Gasteiger partial charge in [-0.15, -0.1) is 0 Å². The number of hydrogen-bond acceptors (Lipinski definition) is 7. The summed E-state index contributed by atoms with van der Waals surface area (Å²) in [6.07, 6.45) is 1.33. The highest BCUT2D eigenvalue weighted by Gasteiger charge is 2.16. The second kappa shape index (κ2) is 12.4. The van der Waals surface area contributed by atoms with Crippen molar-refractivity contribution in [3.63, 3.8) is 0 Å². The van der Waals surface area contributed by atoms with E-state index in [0.29, 0.717) is 33.4 Å². The molecule has 10 heteroatoms. The molecule has 0 unspecified atom stereocenters. The van der Waals surface area contributed by atoms with E-state index in [1.54, 1.807) is 67.6 Å². The number of rotatable bonds is 10. The van der Waals surface area contributed by atoms with E-state index in [1.165, 1.54) is 13.1 Å². The molecule has 1 heterocycles. The summed E-state index contributed by atoms with van der Waals surface area (Å²) in [7, 11) is 0. The highest BCUT2D eigenvalue weighted by molar-refractivity contribution is 6.32. The van der Waals surface area contributed by atoms with Crippen molar-refractivity contribution < 1.29 is 28.3 Å². The number of para-hydroxylation sites is 1. The third kappa shape index (κ3) is 7.44. The van der Waals surface area contributed by atoms with Gasteiger partial charge in [-0.25, -0.2) is 10.2 Å². The second-order valence-electron chi connectivity index (χ2n) is 7.25. The van der Waals surface area contributed by atoms with E-state index in [4.69, 9.17) is 25.5 Å². The summed E-state index contributed by atoms with van der Waals surface area (Å²) in [6, 6.07) is 16.1. The number of amides is 2. The minimum Gasteiger partial charge on any atom is -0.482 e. The van der Waals surface area contributed by atoms with Crippen molar-refractivity contribution in [2.45, 2.75) is 19.9 Å². The van der Waals surface area contributed by atoms with Gasteiger partial charge in [-0.3, -0.25) is 9.59 Å². The maximum atomic E-state index is 12.2. The highest BCUT2D eigenvalue weighted by atomic mass is 35.5. The Bertz CT molecular complexity index is 1220. The number of carbonyl (C=O) groups is 3. The standard InChI is InChI=1S/C25H24ClN3O6/c1-3-33-25(32)18-8-6-7-17(13-18)21-12-11-19(35-21)14-27-29-24(31)16(2)28-23(30)15-34-22-10-5-4-9-20(22)26/h4-14,16H,3,15H2,1-2H3,(H,28,30)(H,29,31)/b27-14-/t16-/m1/s1. The Morgan fingerprint density at radius 2 is 1.91 bits per heavy atom. The van der Waals surface area contributed by atoms with Crippen LogP contribution in [-0.2, 0) is 14.3 Å². The Labute approximate surface area is 207 Å². The molecule has 0 bridgehead atoms. The molecule has 2 aromatic carbocycles. The molecule has 0 aliphatic carbocycles. The fourth-order valence-electron chi connectivity index (χ4n) is 2.90. The van der Waals surface area contributed by atoms with Gasteiger partial charge in [0.15, 0.2) is 6.61 Å². The molecule has 0 fully saturated rings. The van der Waals surface area contributed by atoms with Gasteiger partial charge < -0.3 is 19.2 Å². The lowest BCUT2D eigenvalue weighted by molar-refractivity contribution is -0.129. The molecule has 3 rings (SSSR count). The van der Waals surface area contributed by atoms with E-state index >= 15 is 0 Å². The van der Waals surface area contributed by atoms with Crippen molar-refractivity contribution >= 4 is 35.6 Å². The first-order chi connectivity index (χ1) is 16.9. The SMILES string of the molecule is CCOC(=O)c1cccc(-c2ccc(/C=N\NC(=O)[C@@H](C)NC(=O)COc3ccccc3Cl)o2)c1. The quantitative estimate of drug-likeness (QED) is 0.250. The zero-order valence-electron chi connectivity index (χ0n) is 19.1. The summed E-state index contributed by atoms with van der Waals surface area (Å²) < 4.78 is 16.1. The molecule has 3 aromatic rings. The Hall–Kier alpha value is -4.11. The van der Waals surface area contributed by atoms with Crippen LogP contribution in [0.5, 0.6) is 5.75 Å². The molecule has 1 atom stereocenters. The van der Waals surface area contributed by atoms with Crippen molar-refractivity contribution in [2.75, 3.05) is 13.2 Å². The molecule has 2 amide bonds. The van der Waals surface area contributed by atoms with E-state index in [2.05, 4.69) is 15.8 Å². The Balaban J connectivity index is 1.49. The lowest BCUT2D eigenvalue weighted by Crippen LogP contribution is -2.45. The first-order valence-corrected chi connectivity index (χ1v) is 11.1. The van der Waals surface area contributed by atoms with Crippen molar-refractivity contribution in [3.8, 4) is 17.1 Å². The van der Waals surface area contributed by atoms with Gasteiger partial charge >= 0.3 is 5.97 Å². The Kier molecular flexibility index (Phi) is 9.02. The average Bonchev–Trinajstić information content (AvgIpc) is 3.32. The van der Waals surface area contributed by atoms with Crippen LogP contribution >= 0.6 is 11.6 Å². The second-order valence-corrected chi connectivity index (χ2v) is 7.65. The Morgan fingerprint density at radius 1 is 1.11 bits per heavy atom. The number of halogens is 1. The highest BCUT2D eigenvalue weighted by Crippen LogP contribution is 2.23. The van der Waals surface area contributed by atoms with E-state index in [1.807, 2.05) is 0 Å². The first-order valence-electron chi connectivity index (χ1n) is 10.7. The molecular formula is C25H24ClN3O6. The van der Waals surface area contributed by atoms with Gasteiger partial charge in [-0.1, -0.05) is 35.9 Å². The molecule has 1 aromatic heterocycles. The molecule has 2 N–H and O–H groups in total. The molecule has 9 nitrogen and oxygen atoms in total. The number of benzene rings is 2. The largest absolute Gasteiger partial charge is 0.482 e. The molecular weight excluding hydrogens is 474 g/mol. The van der Waals surface area contributed by atoms with Crippen LogP contribution in [0.1, 0.15) is 30.0 Å². The molecule has 0 radical (unpaired) electrons. The summed E-state index contributed by atoms with van der Waals surface area (Å²) in [5, 5.41) is 6.76. The van der Waals surface area contributed by atoms with Gasteiger partial charge in [0.25, 0.3) is 11.8 Å². The molecule has 0 aliphatic heterocycles. The summed E-state index contributed by atoms with van der Waals surface area (Å²) in [4.78, 5) is 36.2. The number of hydrazone groups is 1. The Morgan fingerprint density at radius 3 is 2.69 bits per heavy atom. The number of nitrogens with one attached hydrogen (secondary N) is 2. The third-order valence-corrected chi connectivity index (χ3v) is 4.93. The maximum absolute atomic E-state index is 12.2. The molecule has 35 heavy (non-hydrogen) atoms. The van der Waals surface area contributed by atoms with Crippen LogP contribution in [0.15, 0.2) is 70.2 Å². The summed E-state index contributed by atoms with van der Waals surface area (Å²) in [5.74, 6) is -0.160. The van der Waals surface area contributed by atoms with Crippen LogP contribution in [0.4, 0.5) is 0 Å². The lowest BCUT2D eigenvalue weighted by Gasteiger charge is -2.13. The molecule has 182 valence electrons. The number of furan rings is 1. The van der Waals surface area contributed by atoms with Crippen LogP contribution < -0.4 is 15.5 Å². The van der Waals surface area contributed by atoms with E-state index in [0.717, 1.165) is 0 Å². The number of ether oxygens (including phenoxy) is 2. The molecule has 0 aliphatic rings. The summed E-state index contributed by atoms with van der Waals surface area (Å²) in [6.45, 7) is 3.25. The third-order valence-electron chi connectivity index (χ3n) is 4.62. The van der Waals surface area contributed by atoms with E-state index < -0.39 is 23.8 Å². The van der Waals surface area contributed by atoms with Crippen molar-refractivity contribution in [3.05, 3.63) is 77.0 Å². The normalized spacial score (nSPS) is 11.6.